The number of thiophene rings is 2. The van der Waals surface area contributed by atoms with Crippen molar-refractivity contribution in [2.24, 2.45) is 11.1 Å². The molecule has 5 nitrogen and oxygen atoms in total. The lowest BCUT2D eigenvalue weighted by atomic mass is 9.98. The van der Waals surface area contributed by atoms with Gasteiger partial charge in [-0.2, -0.15) is 0 Å². The fourth-order valence-corrected chi connectivity index (χ4v) is 5.60. The Bertz CT molecular complexity index is 774. The highest BCUT2D eigenvalue weighted by atomic mass is 35.5. The summed E-state index contributed by atoms with van der Waals surface area (Å²) in [5.41, 5.74) is 3.52. The number of carbonyl (C=O) groups is 1. The Morgan fingerprint density at radius 1 is 1.21 bits per heavy atom. The molecule has 29 heavy (non-hydrogen) atoms. The normalized spacial score (nSPS) is 16.8. The lowest BCUT2D eigenvalue weighted by Gasteiger charge is -2.29. The molecule has 1 N–H and O–H groups in total. The van der Waals surface area contributed by atoms with E-state index in [2.05, 4.69) is 46.8 Å². The number of hydrogen-bond donors (Lipinski definition) is 1. The molecule has 0 amide bonds. The molecule has 1 saturated heterocycles. The molecule has 160 valence electrons. The lowest BCUT2D eigenvalue weighted by Crippen LogP contribution is -2.40. The second-order valence-corrected chi connectivity index (χ2v) is 8.84. The van der Waals surface area contributed by atoms with Gasteiger partial charge < -0.3 is 9.94 Å². The Morgan fingerprint density at radius 2 is 1.83 bits per heavy atom. The van der Waals surface area contributed by atoms with Gasteiger partial charge in [-0.05, 0) is 66.2 Å². The van der Waals surface area contributed by atoms with Gasteiger partial charge in [-0.25, -0.2) is 0 Å². The maximum atomic E-state index is 11.2. The monoisotopic (exact) mass is 456 g/mol. The smallest absolute Gasteiger partial charge is 0.307 e. The van der Waals surface area contributed by atoms with Gasteiger partial charge in [0.05, 0.1) is 15.7 Å². The molecule has 0 saturated carbocycles. The maximum Gasteiger partial charge on any atom is 0.307 e. The number of nitrogens with zero attached hydrogens (tertiary/aromatic N) is 2. The standard InChI is InChI=1S/C21H28N2O3S2.ClH/c1-3-15-7-12-27-19(15)18(20-16(4-2)8-13-28-20)22-26-11-10-23-9-5-6-17(14-23)21(24)25;/h7-8,12-13,17H,3-6,9-11,14H2,1-2H3,(H,24,25);1H. The van der Waals surface area contributed by atoms with Crippen LogP contribution in [0.4, 0.5) is 0 Å². The highest BCUT2D eigenvalue weighted by Crippen LogP contribution is 2.28. The van der Waals surface area contributed by atoms with Gasteiger partial charge in [0.15, 0.2) is 0 Å². The third kappa shape index (κ3) is 6.04. The van der Waals surface area contributed by atoms with Crippen molar-refractivity contribution in [3.8, 4) is 0 Å². The Labute approximate surface area is 186 Å². The molecular formula is C21H29ClN2O3S2. The van der Waals surface area contributed by atoms with E-state index in [0.717, 1.165) is 37.9 Å². The second-order valence-electron chi connectivity index (χ2n) is 7.01. The number of oxime groups is 1. The first-order chi connectivity index (χ1) is 13.6. The molecule has 1 aliphatic heterocycles. The van der Waals surface area contributed by atoms with Crippen LogP contribution in [0.2, 0.25) is 0 Å². The zero-order valence-corrected chi connectivity index (χ0v) is 19.4. The average molecular weight is 457 g/mol. The van der Waals surface area contributed by atoms with Gasteiger partial charge in [-0.3, -0.25) is 9.69 Å². The molecular weight excluding hydrogens is 428 g/mol. The van der Waals surface area contributed by atoms with Gasteiger partial charge in [-0.15, -0.1) is 35.1 Å². The third-order valence-corrected chi connectivity index (χ3v) is 7.12. The first-order valence-corrected chi connectivity index (χ1v) is 11.7. The molecule has 0 aromatic carbocycles. The Kier molecular flexibility index (Phi) is 9.62. The van der Waals surface area contributed by atoms with Gasteiger partial charge >= 0.3 is 5.97 Å². The zero-order valence-electron chi connectivity index (χ0n) is 16.9. The quantitative estimate of drug-likeness (QED) is 0.330. The van der Waals surface area contributed by atoms with Crippen molar-refractivity contribution in [3.63, 3.8) is 0 Å². The Hall–Kier alpha value is -1.41. The lowest BCUT2D eigenvalue weighted by molar-refractivity contribution is -0.143. The van der Waals surface area contributed by atoms with Crippen LogP contribution in [0, 0.1) is 5.92 Å². The SMILES string of the molecule is CCc1ccsc1C(=NOCCN1CCCC(C(=O)O)C1)c1sccc1CC.Cl. The first kappa shape index (κ1) is 23.9. The predicted molar refractivity (Wildman–Crippen MR) is 123 cm³/mol. The van der Waals surface area contributed by atoms with E-state index in [4.69, 9.17) is 4.84 Å². The minimum absolute atomic E-state index is 0. The topological polar surface area (TPSA) is 62.1 Å². The van der Waals surface area contributed by atoms with Crippen molar-refractivity contribution in [1.29, 1.82) is 0 Å². The van der Waals surface area contributed by atoms with Crippen molar-refractivity contribution in [2.45, 2.75) is 39.5 Å². The largest absolute Gasteiger partial charge is 0.481 e. The maximum absolute atomic E-state index is 11.2. The fourth-order valence-electron chi connectivity index (χ4n) is 3.57. The van der Waals surface area contributed by atoms with Crippen molar-refractivity contribution < 1.29 is 14.7 Å². The number of rotatable bonds is 9. The molecule has 3 rings (SSSR count). The van der Waals surface area contributed by atoms with Gasteiger partial charge in [0.2, 0.25) is 0 Å². The highest BCUT2D eigenvalue weighted by molar-refractivity contribution is 7.16. The number of likely N-dealkylation sites (tertiary alicyclic amines) is 1. The molecule has 2 aromatic rings. The van der Waals surface area contributed by atoms with Gasteiger partial charge in [0.1, 0.15) is 12.3 Å². The van der Waals surface area contributed by atoms with Crippen LogP contribution >= 0.6 is 35.1 Å². The van der Waals surface area contributed by atoms with Crippen LogP contribution in [0.5, 0.6) is 0 Å². The van der Waals surface area contributed by atoms with E-state index < -0.39 is 5.97 Å². The van der Waals surface area contributed by atoms with Crippen molar-refractivity contribution >= 4 is 46.8 Å². The summed E-state index contributed by atoms with van der Waals surface area (Å²) in [6, 6.07) is 4.32. The molecule has 8 heteroatoms. The van der Waals surface area contributed by atoms with E-state index >= 15 is 0 Å². The molecule has 1 aliphatic rings. The van der Waals surface area contributed by atoms with E-state index in [0.29, 0.717) is 19.7 Å². The number of hydrogen-bond acceptors (Lipinski definition) is 6. The zero-order chi connectivity index (χ0) is 19.9. The minimum atomic E-state index is -0.694. The summed E-state index contributed by atoms with van der Waals surface area (Å²) in [7, 11) is 0. The summed E-state index contributed by atoms with van der Waals surface area (Å²) in [5, 5.41) is 18.0. The molecule has 3 heterocycles. The number of piperidine rings is 1. The Balaban J connectivity index is 0.00000300. The van der Waals surface area contributed by atoms with Crippen molar-refractivity contribution in [1.82, 2.24) is 4.90 Å². The molecule has 0 radical (unpaired) electrons. The molecule has 0 aliphatic carbocycles. The summed E-state index contributed by atoms with van der Waals surface area (Å²) in [4.78, 5) is 21.5. The highest BCUT2D eigenvalue weighted by Gasteiger charge is 2.25. The van der Waals surface area contributed by atoms with Crippen LogP contribution in [-0.4, -0.2) is 47.9 Å². The van der Waals surface area contributed by atoms with Crippen LogP contribution in [0.1, 0.15) is 47.6 Å². The number of carboxylic acids is 1. The Morgan fingerprint density at radius 3 is 2.38 bits per heavy atom. The van der Waals surface area contributed by atoms with Gasteiger partial charge in [-0.1, -0.05) is 19.0 Å². The average Bonchev–Trinajstić information content (AvgIpc) is 3.37. The van der Waals surface area contributed by atoms with Crippen molar-refractivity contribution in [3.05, 3.63) is 43.8 Å². The van der Waals surface area contributed by atoms with E-state index in [1.807, 2.05) is 0 Å². The number of aryl methyl sites for hydroxylation is 2. The van der Waals surface area contributed by atoms with Gasteiger partial charge in [0.25, 0.3) is 0 Å². The molecule has 2 aromatic heterocycles. The van der Waals surface area contributed by atoms with Crippen LogP contribution in [-0.2, 0) is 22.5 Å². The fraction of sp³-hybridized carbons (Fsp3) is 0.524. The molecule has 1 atom stereocenters. The molecule has 1 fully saturated rings. The molecule has 1 unspecified atom stereocenters. The summed E-state index contributed by atoms with van der Waals surface area (Å²) >= 11 is 3.42. The van der Waals surface area contributed by atoms with E-state index in [1.54, 1.807) is 22.7 Å². The summed E-state index contributed by atoms with van der Waals surface area (Å²) in [6.45, 7) is 7.03. The van der Waals surface area contributed by atoms with Crippen LogP contribution in [0.25, 0.3) is 0 Å². The number of aliphatic carboxylic acids is 1. The molecule has 0 bridgehead atoms. The van der Waals surface area contributed by atoms with Crippen LogP contribution in [0.15, 0.2) is 28.0 Å². The number of halogens is 1. The third-order valence-electron chi connectivity index (χ3n) is 5.19. The van der Waals surface area contributed by atoms with Crippen LogP contribution in [0.3, 0.4) is 0 Å². The summed E-state index contributed by atoms with van der Waals surface area (Å²) in [5.74, 6) is -0.954. The van der Waals surface area contributed by atoms with Crippen LogP contribution < -0.4 is 0 Å². The van der Waals surface area contributed by atoms with Crippen molar-refractivity contribution in [2.75, 3.05) is 26.2 Å². The minimum Gasteiger partial charge on any atom is -0.481 e. The van der Waals surface area contributed by atoms with E-state index in [1.165, 1.54) is 20.9 Å². The van der Waals surface area contributed by atoms with E-state index in [9.17, 15) is 9.90 Å². The van der Waals surface area contributed by atoms with Gasteiger partial charge in [0, 0.05) is 13.1 Å². The summed E-state index contributed by atoms with van der Waals surface area (Å²) in [6.07, 6.45) is 3.63. The number of carboxylic acid groups (broad SMARTS) is 1. The van der Waals surface area contributed by atoms with E-state index in [-0.39, 0.29) is 18.3 Å². The first-order valence-electron chi connectivity index (χ1n) is 9.92. The second kappa shape index (κ2) is 11.7. The summed E-state index contributed by atoms with van der Waals surface area (Å²) < 4.78 is 0. The predicted octanol–water partition coefficient (Wildman–Crippen LogP) is 4.92. The molecule has 0 spiro atoms.